The zero-order chi connectivity index (χ0) is 26.2. The fourth-order valence-electron chi connectivity index (χ4n) is 6.06. The minimum Gasteiger partial charge on any atom is -0.480 e. The van der Waals surface area contributed by atoms with Gasteiger partial charge in [0.25, 0.3) is 0 Å². The average Bonchev–Trinajstić information content (AvgIpc) is 3.25. The van der Waals surface area contributed by atoms with Crippen LogP contribution in [0.2, 0.25) is 5.02 Å². The van der Waals surface area contributed by atoms with E-state index in [4.69, 9.17) is 16.3 Å². The standard InChI is InChI=1S/C33H28ClNO3/c34-25-8-6-9-26(22-25)35-33(31(36)37)19-17-32(18-20-33)29-12-5-4-7-24(29)21-30(32)23-13-15-28(16-14-23)38-27-10-2-1-3-11-27/h1-16,21-22,35H,17-20H2,(H,36,37). The third kappa shape index (κ3) is 4.35. The Morgan fingerprint density at radius 2 is 1.47 bits per heavy atom. The normalized spacial score (nSPS) is 22.0. The monoisotopic (exact) mass is 521 g/mol. The fraction of sp³-hybridized carbons (Fsp3) is 0.182. The number of hydrogen-bond acceptors (Lipinski definition) is 3. The van der Waals surface area contributed by atoms with E-state index in [1.165, 1.54) is 16.7 Å². The van der Waals surface area contributed by atoms with Crippen molar-refractivity contribution in [3.63, 3.8) is 0 Å². The van der Waals surface area contributed by atoms with Gasteiger partial charge in [0, 0.05) is 16.1 Å². The van der Waals surface area contributed by atoms with Crippen molar-refractivity contribution in [1.82, 2.24) is 0 Å². The minimum absolute atomic E-state index is 0.243. The zero-order valence-corrected chi connectivity index (χ0v) is 21.6. The predicted octanol–water partition coefficient (Wildman–Crippen LogP) is 8.43. The molecule has 4 nitrogen and oxygen atoms in total. The molecule has 0 heterocycles. The lowest BCUT2D eigenvalue weighted by atomic mass is 9.61. The summed E-state index contributed by atoms with van der Waals surface area (Å²) in [5.41, 5.74) is 4.30. The highest BCUT2D eigenvalue weighted by Crippen LogP contribution is 2.56. The van der Waals surface area contributed by atoms with E-state index in [2.05, 4.69) is 47.8 Å². The summed E-state index contributed by atoms with van der Waals surface area (Å²) in [7, 11) is 0. The molecule has 2 aliphatic rings. The van der Waals surface area contributed by atoms with Gasteiger partial charge in [-0.25, -0.2) is 4.79 Å². The van der Waals surface area contributed by atoms with Crippen LogP contribution in [0.4, 0.5) is 5.69 Å². The first-order valence-electron chi connectivity index (χ1n) is 12.9. The van der Waals surface area contributed by atoms with Gasteiger partial charge in [-0.3, -0.25) is 0 Å². The molecule has 1 saturated carbocycles. The second kappa shape index (κ2) is 9.70. The molecule has 0 aliphatic heterocycles. The molecule has 4 aromatic carbocycles. The molecule has 1 fully saturated rings. The van der Waals surface area contributed by atoms with E-state index in [0.29, 0.717) is 17.9 Å². The Morgan fingerprint density at radius 3 is 2.18 bits per heavy atom. The van der Waals surface area contributed by atoms with E-state index in [-0.39, 0.29) is 5.41 Å². The number of nitrogens with one attached hydrogen (secondary N) is 1. The SMILES string of the molecule is O=C(O)C1(Nc2cccc(Cl)c2)CCC2(CC1)C(c1ccc(Oc3ccccc3)cc1)=Cc1ccccc12. The first-order chi connectivity index (χ1) is 18.5. The Balaban J connectivity index is 1.30. The minimum atomic E-state index is -1.05. The summed E-state index contributed by atoms with van der Waals surface area (Å²) in [5.74, 6) is 0.754. The maximum absolute atomic E-state index is 12.6. The largest absolute Gasteiger partial charge is 0.480 e. The fourth-order valence-corrected chi connectivity index (χ4v) is 6.25. The molecule has 2 aliphatic carbocycles. The Hall–Kier alpha value is -4.02. The van der Waals surface area contributed by atoms with E-state index in [9.17, 15) is 9.90 Å². The molecule has 0 amide bonds. The third-order valence-corrected chi connectivity index (χ3v) is 8.25. The van der Waals surface area contributed by atoms with Crippen molar-refractivity contribution >= 4 is 34.9 Å². The highest BCUT2D eigenvalue weighted by atomic mass is 35.5. The third-order valence-electron chi connectivity index (χ3n) is 8.01. The average molecular weight is 522 g/mol. The maximum atomic E-state index is 12.6. The number of carboxylic acids is 1. The van der Waals surface area contributed by atoms with Crippen LogP contribution in [-0.4, -0.2) is 16.6 Å². The summed E-state index contributed by atoms with van der Waals surface area (Å²) in [6.45, 7) is 0. The van der Waals surface area contributed by atoms with Crippen molar-refractivity contribution in [1.29, 1.82) is 0 Å². The zero-order valence-electron chi connectivity index (χ0n) is 20.9. The first kappa shape index (κ1) is 24.3. The van der Waals surface area contributed by atoms with Crippen LogP contribution < -0.4 is 10.1 Å². The molecule has 5 heteroatoms. The molecule has 4 aromatic rings. The number of ether oxygens (including phenoxy) is 1. The molecule has 0 unspecified atom stereocenters. The van der Waals surface area contributed by atoms with Gasteiger partial charge in [-0.05, 0) is 96.5 Å². The Kier molecular flexibility index (Phi) is 6.21. The summed E-state index contributed by atoms with van der Waals surface area (Å²) < 4.78 is 6.01. The second-order valence-electron chi connectivity index (χ2n) is 10.2. The number of aliphatic carboxylic acids is 1. The van der Waals surface area contributed by atoms with Gasteiger partial charge >= 0.3 is 5.97 Å². The van der Waals surface area contributed by atoms with Crippen LogP contribution in [0.15, 0.2) is 103 Å². The lowest BCUT2D eigenvalue weighted by Crippen LogP contribution is -2.52. The number of halogens is 1. The molecule has 0 bridgehead atoms. The Morgan fingerprint density at radius 1 is 0.789 bits per heavy atom. The quantitative estimate of drug-likeness (QED) is 0.267. The highest BCUT2D eigenvalue weighted by molar-refractivity contribution is 6.30. The van der Waals surface area contributed by atoms with E-state index in [0.717, 1.165) is 35.6 Å². The molecule has 190 valence electrons. The van der Waals surface area contributed by atoms with Gasteiger partial charge in [0.15, 0.2) is 0 Å². The molecule has 2 N–H and O–H groups in total. The first-order valence-corrected chi connectivity index (χ1v) is 13.3. The van der Waals surface area contributed by atoms with Gasteiger partial charge in [-0.2, -0.15) is 0 Å². The number of rotatable bonds is 6. The number of carbonyl (C=O) groups is 1. The summed E-state index contributed by atoms with van der Waals surface area (Å²) in [6.07, 6.45) is 4.71. The van der Waals surface area contributed by atoms with E-state index in [1.807, 2.05) is 54.6 Å². The van der Waals surface area contributed by atoms with Crippen molar-refractivity contribution in [2.24, 2.45) is 0 Å². The molecule has 1 spiro atoms. The molecule has 0 radical (unpaired) electrons. The molecule has 6 rings (SSSR count). The lowest BCUT2D eigenvalue weighted by Gasteiger charge is -2.45. The van der Waals surface area contributed by atoms with Crippen LogP contribution in [0.3, 0.4) is 0 Å². The predicted molar refractivity (Wildman–Crippen MR) is 153 cm³/mol. The van der Waals surface area contributed by atoms with Gasteiger partial charge in [0.2, 0.25) is 0 Å². The van der Waals surface area contributed by atoms with Crippen molar-refractivity contribution in [3.8, 4) is 11.5 Å². The number of para-hydroxylation sites is 1. The summed E-state index contributed by atoms with van der Waals surface area (Å²) in [4.78, 5) is 12.6. The van der Waals surface area contributed by atoms with E-state index >= 15 is 0 Å². The summed E-state index contributed by atoms with van der Waals surface area (Å²) in [6, 6.07) is 33.8. The number of allylic oxidation sites excluding steroid dienone is 1. The molecule has 0 atom stereocenters. The smallest absolute Gasteiger partial charge is 0.329 e. The van der Waals surface area contributed by atoms with Crippen molar-refractivity contribution in [2.45, 2.75) is 36.6 Å². The molecule has 38 heavy (non-hydrogen) atoms. The number of carboxylic acid groups (broad SMARTS) is 1. The maximum Gasteiger partial charge on any atom is 0.329 e. The van der Waals surface area contributed by atoms with E-state index in [1.54, 1.807) is 12.1 Å². The van der Waals surface area contributed by atoms with Crippen molar-refractivity contribution in [3.05, 3.63) is 125 Å². The van der Waals surface area contributed by atoms with Crippen LogP contribution in [0.5, 0.6) is 11.5 Å². The topological polar surface area (TPSA) is 58.6 Å². The molecule has 0 aromatic heterocycles. The number of anilines is 1. The van der Waals surface area contributed by atoms with Gasteiger partial charge in [0.1, 0.15) is 17.0 Å². The van der Waals surface area contributed by atoms with Crippen molar-refractivity contribution < 1.29 is 14.6 Å². The molecule has 0 saturated heterocycles. The summed E-state index contributed by atoms with van der Waals surface area (Å²) >= 11 is 6.18. The lowest BCUT2D eigenvalue weighted by molar-refractivity contribution is -0.143. The van der Waals surface area contributed by atoms with E-state index < -0.39 is 11.5 Å². The molecular weight excluding hydrogens is 494 g/mol. The number of fused-ring (bicyclic) bond motifs is 2. The second-order valence-corrected chi connectivity index (χ2v) is 10.6. The van der Waals surface area contributed by atoms with Crippen molar-refractivity contribution in [2.75, 3.05) is 5.32 Å². The van der Waals surface area contributed by atoms with Gasteiger partial charge in [-0.1, -0.05) is 72.3 Å². The Labute approximate surface area is 227 Å². The molecular formula is C33H28ClNO3. The summed E-state index contributed by atoms with van der Waals surface area (Å²) in [5, 5.41) is 14.3. The highest BCUT2D eigenvalue weighted by Gasteiger charge is 2.51. The van der Waals surface area contributed by atoms with Crippen LogP contribution >= 0.6 is 11.6 Å². The van der Waals surface area contributed by atoms with Gasteiger partial charge in [-0.15, -0.1) is 0 Å². The van der Waals surface area contributed by atoms with Gasteiger partial charge in [0.05, 0.1) is 0 Å². The van der Waals surface area contributed by atoms with Crippen LogP contribution in [0.25, 0.3) is 11.6 Å². The van der Waals surface area contributed by atoms with Crippen LogP contribution in [0, 0.1) is 0 Å². The Bertz CT molecular complexity index is 1500. The van der Waals surface area contributed by atoms with Gasteiger partial charge < -0.3 is 15.2 Å². The van der Waals surface area contributed by atoms with Crippen LogP contribution in [0.1, 0.15) is 42.4 Å². The van der Waals surface area contributed by atoms with Crippen LogP contribution in [-0.2, 0) is 10.2 Å². The number of benzene rings is 4. The number of hydrogen-bond donors (Lipinski definition) is 2.